The summed E-state index contributed by atoms with van der Waals surface area (Å²) in [6, 6.07) is 18.5. The van der Waals surface area contributed by atoms with Crippen LogP contribution in [-0.2, 0) is 16.1 Å². The van der Waals surface area contributed by atoms with Crippen LogP contribution in [0, 0.1) is 0 Å². The first-order chi connectivity index (χ1) is 18.5. The number of hydrogen-bond donors (Lipinski definition) is 4. The van der Waals surface area contributed by atoms with Gasteiger partial charge in [-0.3, -0.25) is 19.4 Å². The standard InChI is InChI=1S/C28H27N5O5/c34-24-11-13-33(26(24)28(37)30-16-20-14-19-15-29-12-10-23(19)32-20)25(35)17-31-27(36)18-6-8-22(9-7-18)38-21-4-2-1-3-5-21/h1-10,12,14-15,24,26,32,34H,11,13,16-17H2,(H,30,37)(H,31,36)/t24-,26+/m1/s1. The molecule has 2 aromatic heterocycles. The van der Waals surface area contributed by atoms with Crippen LogP contribution >= 0.6 is 0 Å². The molecule has 0 unspecified atom stereocenters. The van der Waals surface area contributed by atoms with Crippen LogP contribution in [-0.4, -0.2) is 62.9 Å². The third-order valence-corrected chi connectivity index (χ3v) is 6.38. The maximum atomic E-state index is 12.9. The minimum absolute atomic E-state index is 0.208. The average molecular weight is 514 g/mol. The first kappa shape index (κ1) is 25.0. The normalized spacial score (nSPS) is 16.8. The topological polar surface area (TPSA) is 137 Å². The summed E-state index contributed by atoms with van der Waals surface area (Å²) < 4.78 is 5.73. The van der Waals surface area contributed by atoms with Gasteiger partial charge < -0.3 is 30.4 Å². The van der Waals surface area contributed by atoms with Crippen LogP contribution in [0.4, 0.5) is 0 Å². The average Bonchev–Trinajstić information content (AvgIpc) is 3.54. The number of aliphatic hydroxyl groups excluding tert-OH is 1. The maximum Gasteiger partial charge on any atom is 0.251 e. The number of H-pyrrole nitrogens is 1. The van der Waals surface area contributed by atoms with Gasteiger partial charge in [0.1, 0.15) is 17.5 Å². The zero-order valence-electron chi connectivity index (χ0n) is 20.5. The van der Waals surface area contributed by atoms with Crippen molar-refractivity contribution in [3.8, 4) is 11.5 Å². The molecule has 3 amide bonds. The number of rotatable bonds is 8. The van der Waals surface area contributed by atoms with Crippen LogP contribution < -0.4 is 15.4 Å². The summed E-state index contributed by atoms with van der Waals surface area (Å²) in [5, 5.41) is 16.7. The van der Waals surface area contributed by atoms with Crippen molar-refractivity contribution >= 4 is 28.6 Å². The molecule has 10 heteroatoms. The van der Waals surface area contributed by atoms with Gasteiger partial charge in [0.25, 0.3) is 5.91 Å². The molecule has 10 nitrogen and oxygen atoms in total. The Morgan fingerprint density at radius 1 is 1.03 bits per heavy atom. The number of amides is 3. The lowest BCUT2D eigenvalue weighted by Gasteiger charge is -2.25. The van der Waals surface area contributed by atoms with E-state index in [1.54, 1.807) is 36.7 Å². The van der Waals surface area contributed by atoms with E-state index < -0.39 is 29.9 Å². The molecule has 2 aromatic carbocycles. The zero-order chi connectivity index (χ0) is 26.5. The fourth-order valence-corrected chi connectivity index (χ4v) is 4.45. The number of nitrogens with zero attached hydrogens (tertiary/aromatic N) is 2. The van der Waals surface area contributed by atoms with E-state index in [1.807, 2.05) is 42.5 Å². The Kier molecular flexibility index (Phi) is 7.32. The molecule has 38 heavy (non-hydrogen) atoms. The Labute approximate surface area is 218 Å². The smallest absolute Gasteiger partial charge is 0.251 e. The summed E-state index contributed by atoms with van der Waals surface area (Å²) in [7, 11) is 0. The molecule has 4 N–H and O–H groups in total. The lowest BCUT2D eigenvalue weighted by atomic mass is 10.1. The van der Waals surface area contributed by atoms with Crippen molar-refractivity contribution in [1.29, 1.82) is 0 Å². The first-order valence-electron chi connectivity index (χ1n) is 12.3. The molecule has 5 rings (SSSR count). The zero-order valence-corrected chi connectivity index (χ0v) is 20.5. The van der Waals surface area contributed by atoms with Gasteiger partial charge in [-0.2, -0.15) is 0 Å². The monoisotopic (exact) mass is 513 g/mol. The molecule has 194 valence electrons. The Morgan fingerprint density at radius 3 is 2.55 bits per heavy atom. The van der Waals surface area contributed by atoms with Crippen molar-refractivity contribution in [3.05, 3.63) is 90.4 Å². The van der Waals surface area contributed by atoms with E-state index in [-0.39, 0.29) is 26.1 Å². The minimum Gasteiger partial charge on any atom is -0.457 e. The SMILES string of the molecule is O=C(NCC(=O)N1CC[C@@H](O)[C@H]1C(=O)NCc1cc2cnccc2[nH]1)c1ccc(Oc2ccccc2)cc1. The number of aromatic amines is 1. The molecule has 1 aliphatic heterocycles. The highest BCUT2D eigenvalue weighted by Crippen LogP contribution is 2.22. The predicted octanol–water partition coefficient (Wildman–Crippen LogP) is 2.36. The van der Waals surface area contributed by atoms with Crippen molar-refractivity contribution in [1.82, 2.24) is 25.5 Å². The summed E-state index contributed by atoms with van der Waals surface area (Å²) in [6.45, 7) is 0.129. The number of likely N-dealkylation sites (tertiary alicyclic amines) is 1. The Balaban J connectivity index is 1.14. The highest BCUT2D eigenvalue weighted by Gasteiger charge is 2.40. The molecule has 0 saturated carbocycles. The van der Waals surface area contributed by atoms with E-state index in [2.05, 4.69) is 20.6 Å². The largest absolute Gasteiger partial charge is 0.457 e. The number of carbonyl (C=O) groups is 3. The van der Waals surface area contributed by atoms with Crippen LogP contribution in [0.25, 0.3) is 10.9 Å². The lowest BCUT2D eigenvalue weighted by Crippen LogP contribution is -2.52. The lowest BCUT2D eigenvalue weighted by molar-refractivity contribution is -0.139. The van der Waals surface area contributed by atoms with Gasteiger partial charge in [-0.1, -0.05) is 18.2 Å². The second kappa shape index (κ2) is 11.1. The van der Waals surface area contributed by atoms with Gasteiger partial charge in [-0.25, -0.2) is 0 Å². The van der Waals surface area contributed by atoms with E-state index >= 15 is 0 Å². The molecule has 0 aliphatic carbocycles. The third-order valence-electron chi connectivity index (χ3n) is 6.38. The van der Waals surface area contributed by atoms with Crippen LogP contribution in [0.5, 0.6) is 11.5 Å². The van der Waals surface area contributed by atoms with Gasteiger partial charge in [-0.15, -0.1) is 0 Å². The summed E-state index contributed by atoms with van der Waals surface area (Å²) in [5.74, 6) is -0.0805. The fraction of sp³-hybridized carbons (Fsp3) is 0.214. The van der Waals surface area contributed by atoms with E-state index in [1.165, 1.54) is 4.90 Å². The van der Waals surface area contributed by atoms with Crippen molar-refractivity contribution in [2.45, 2.75) is 25.1 Å². The number of benzene rings is 2. The van der Waals surface area contributed by atoms with E-state index in [9.17, 15) is 19.5 Å². The van der Waals surface area contributed by atoms with Gasteiger partial charge in [0.2, 0.25) is 11.8 Å². The molecular weight excluding hydrogens is 486 g/mol. The van der Waals surface area contributed by atoms with Crippen LogP contribution in [0.1, 0.15) is 22.5 Å². The fourth-order valence-electron chi connectivity index (χ4n) is 4.45. The molecular formula is C28H27N5O5. The maximum absolute atomic E-state index is 12.9. The molecule has 1 fully saturated rings. The number of aliphatic hydroxyl groups is 1. The van der Waals surface area contributed by atoms with Gasteiger partial charge in [-0.05, 0) is 55.0 Å². The Morgan fingerprint density at radius 2 is 1.79 bits per heavy atom. The van der Waals surface area contributed by atoms with Crippen molar-refractivity contribution < 1.29 is 24.2 Å². The highest BCUT2D eigenvalue weighted by molar-refractivity contribution is 5.97. The first-order valence-corrected chi connectivity index (χ1v) is 12.3. The van der Waals surface area contributed by atoms with Crippen LogP contribution in [0.15, 0.2) is 79.1 Å². The molecule has 4 aromatic rings. The molecule has 0 radical (unpaired) electrons. The summed E-state index contributed by atoms with van der Waals surface area (Å²) in [5.41, 5.74) is 2.04. The summed E-state index contributed by atoms with van der Waals surface area (Å²) >= 11 is 0. The summed E-state index contributed by atoms with van der Waals surface area (Å²) in [6.07, 6.45) is 2.69. The van der Waals surface area contributed by atoms with E-state index in [0.717, 1.165) is 16.6 Å². The molecule has 1 saturated heterocycles. The highest BCUT2D eigenvalue weighted by atomic mass is 16.5. The number of fused-ring (bicyclic) bond motifs is 1. The Bertz CT molecular complexity index is 1400. The molecule has 0 spiro atoms. The van der Waals surface area contributed by atoms with Crippen LogP contribution in [0.3, 0.4) is 0 Å². The van der Waals surface area contributed by atoms with Crippen molar-refractivity contribution in [2.75, 3.05) is 13.1 Å². The molecule has 1 aliphatic rings. The predicted molar refractivity (Wildman–Crippen MR) is 139 cm³/mol. The van der Waals surface area contributed by atoms with Gasteiger partial charge in [0, 0.05) is 41.1 Å². The van der Waals surface area contributed by atoms with Gasteiger partial charge in [0.15, 0.2) is 0 Å². The third kappa shape index (κ3) is 5.65. The summed E-state index contributed by atoms with van der Waals surface area (Å²) in [4.78, 5) is 46.9. The van der Waals surface area contributed by atoms with Crippen molar-refractivity contribution in [2.24, 2.45) is 0 Å². The quantitative estimate of drug-likeness (QED) is 0.286. The number of ether oxygens (including phenoxy) is 1. The van der Waals surface area contributed by atoms with E-state index in [0.29, 0.717) is 17.1 Å². The number of carbonyl (C=O) groups excluding carboxylic acids is 3. The number of nitrogens with one attached hydrogen (secondary N) is 3. The second-order valence-corrected chi connectivity index (χ2v) is 8.99. The number of para-hydroxylation sites is 1. The number of pyridine rings is 1. The van der Waals surface area contributed by atoms with Crippen LogP contribution in [0.2, 0.25) is 0 Å². The van der Waals surface area contributed by atoms with Gasteiger partial charge in [0.05, 0.1) is 19.2 Å². The molecule has 3 heterocycles. The Hall–Kier alpha value is -4.70. The number of aromatic nitrogens is 2. The molecule has 2 atom stereocenters. The van der Waals surface area contributed by atoms with E-state index in [4.69, 9.17) is 4.74 Å². The van der Waals surface area contributed by atoms with Gasteiger partial charge >= 0.3 is 0 Å². The minimum atomic E-state index is -1.03. The molecule has 0 bridgehead atoms. The number of hydrogen-bond acceptors (Lipinski definition) is 6. The van der Waals surface area contributed by atoms with Crippen molar-refractivity contribution in [3.63, 3.8) is 0 Å². The second-order valence-electron chi connectivity index (χ2n) is 8.99.